The fourth-order valence-corrected chi connectivity index (χ4v) is 3.06. The number of rotatable bonds is 3. The Balaban J connectivity index is 1.86. The van der Waals surface area contributed by atoms with Gasteiger partial charge in [-0.15, -0.1) is 0 Å². The maximum absolute atomic E-state index is 11.8. The molecule has 1 aliphatic heterocycles. The summed E-state index contributed by atoms with van der Waals surface area (Å²) in [5.74, 6) is 2.45. The van der Waals surface area contributed by atoms with Gasteiger partial charge in [-0.2, -0.15) is 11.8 Å². The lowest BCUT2D eigenvalue weighted by Crippen LogP contribution is -2.38. The summed E-state index contributed by atoms with van der Waals surface area (Å²) in [5.41, 5.74) is 0.690. The summed E-state index contributed by atoms with van der Waals surface area (Å²) in [6.07, 6.45) is 2.37. The molecule has 0 radical (unpaired) electrons. The van der Waals surface area contributed by atoms with Crippen LogP contribution in [0.25, 0.3) is 0 Å². The molecule has 2 rings (SSSR count). The standard InChI is InChI=1S/C13H17NO2S/c15-12-4-2-1-3-10(12)9-13(16)14-11-5-7-17-8-6-11/h1-4,11,15H,5-9H2,(H,14,16). The molecule has 0 atom stereocenters. The van der Waals surface area contributed by atoms with Crippen LogP contribution in [0.4, 0.5) is 0 Å². The van der Waals surface area contributed by atoms with Crippen molar-refractivity contribution in [3.8, 4) is 5.75 Å². The quantitative estimate of drug-likeness (QED) is 0.863. The molecule has 2 N–H and O–H groups in total. The summed E-state index contributed by atoms with van der Waals surface area (Å²) in [4.78, 5) is 11.8. The van der Waals surface area contributed by atoms with Crippen LogP contribution in [-0.4, -0.2) is 28.6 Å². The molecule has 4 heteroatoms. The minimum absolute atomic E-state index is 0.00315. The van der Waals surface area contributed by atoms with E-state index < -0.39 is 0 Å². The number of benzene rings is 1. The first-order valence-electron chi connectivity index (χ1n) is 5.89. The van der Waals surface area contributed by atoms with Crippen molar-refractivity contribution in [3.63, 3.8) is 0 Å². The maximum Gasteiger partial charge on any atom is 0.224 e. The third-order valence-corrected chi connectivity index (χ3v) is 3.98. The molecular formula is C13H17NO2S. The summed E-state index contributed by atoms with van der Waals surface area (Å²) < 4.78 is 0. The normalized spacial score (nSPS) is 16.7. The molecule has 1 amide bonds. The van der Waals surface area contributed by atoms with Crippen LogP contribution in [0.2, 0.25) is 0 Å². The summed E-state index contributed by atoms with van der Waals surface area (Å²) in [5, 5.41) is 12.6. The van der Waals surface area contributed by atoms with Gasteiger partial charge in [-0.3, -0.25) is 4.79 Å². The molecule has 17 heavy (non-hydrogen) atoms. The van der Waals surface area contributed by atoms with Crippen LogP contribution in [0, 0.1) is 0 Å². The van der Waals surface area contributed by atoms with Gasteiger partial charge in [-0.25, -0.2) is 0 Å². The van der Waals surface area contributed by atoms with Crippen LogP contribution < -0.4 is 5.32 Å². The summed E-state index contributed by atoms with van der Waals surface area (Å²) in [6, 6.07) is 7.30. The van der Waals surface area contributed by atoms with Gasteiger partial charge in [-0.1, -0.05) is 18.2 Å². The van der Waals surface area contributed by atoms with E-state index in [1.807, 2.05) is 17.8 Å². The van der Waals surface area contributed by atoms with E-state index in [-0.39, 0.29) is 18.1 Å². The first-order valence-corrected chi connectivity index (χ1v) is 7.05. The summed E-state index contributed by atoms with van der Waals surface area (Å²) >= 11 is 1.94. The van der Waals surface area contributed by atoms with Gasteiger partial charge in [0.15, 0.2) is 0 Å². The van der Waals surface area contributed by atoms with Gasteiger partial charge in [0.05, 0.1) is 6.42 Å². The molecule has 1 heterocycles. The largest absolute Gasteiger partial charge is 0.508 e. The van der Waals surface area contributed by atoms with Crippen molar-refractivity contribution < 1.29 is 9.90 Å². The Bertz CT molecular complexity index is 389. The second-order valence-corrected chi connectivity index (χ2v) is 5.48. The lowest BCUT2D eigenvalue weighted by Gasteiger charge is -2.22. The molecule has 0 spiro atoms. The lowest BCUT2D eigenvalue weighted by molar-refractivity contribution is -0.121. The van der Waals surface area contributed by atoms with Crippen LogP contribution in [0.5, 0.6) is 5.75 Å². The van der Waals surface area contributed by atoms with Crippen molar-refractivity contribution in [1.82, 2.24) is 5.32 Å². The third-order valence-electron chi connectivity index (χ3n) is 2.93. The number of phenolic OH excluding ortho intramolecular Hbond substituents is 1. The summed E-state index contributed by atoms with van der Waals surface area (Å²) in [7, 11) is 0. The Morgan fingerprint density at radius 2 is 2.06 bits per heavy atom. The lowest BCUT2D eigenvalue weighted by atomic mass is 10.1. The predicted molar refractivity (Wildman–Crippen MR) is 70.3 cm³/mol. The number of nitrogens with one attached hydrogen (secondary N) is 1. The Hall–Kier alpha value is -1.16. The monoisotopic (exact) mass is 251 g/mol. The van der Waals surface area contributed by atoms with Crippen molar-refractivity contribution in [2.24, 2.45) is 0 Å². The van der Waals surface area contributed by atoms with E-state index >= 15 is 0 Å². The van der Waals surface area contributed by atoms with Gasteiger partial charge in [0, 0.05) is 11.6 Å². The fourth-order valence-electron chi connectivity index (χ4n) is 1.95. The second kappa shape index (κ2) is 5.96. The van der Waals surface area contributed by atoms with Crippen LogP contribution in [0.1, 0.15) is 18.4 Å². The molecule has 92 valence electrons. The maximum atomic E-state index is 11.8. The van der Waals surface area contributed by atoms with E-state index in [0.29, 0.717) is 11.6 Å². The molecule has 1 aromatic rings. The minimum Gasteiger partial charge on any atom is -0.508 e. The second-order valence-electron chi connectivity index (χ2n) is 4.26. The van der Waals surface area contributed by atoms with Gasteiger partial charge in [0.2, 0.25) is 5.91 Å². The van der Waals surface area contributed by atoms with Crippen molar-refractivity contribution in [1.29, 1.82) is 0 Å². The molecule has 1 saturated heterocycles. The topological polar surface area (TPSA) is 49.3 Å². The number of amides is 1. The molecule has 1 aliphatic rings. The SMILES string of the molecule is O=C(Cc1ccccc1O)NC1CCSCC1. The Morgan fingerprint density at radius 3 is 2.76 bits per heavy atom. The number of carbonyl (C=O) groups is 1. The highest BCUT2D eigenvalue weighted by molar-refractivity contribution is 7.99. The Morgan fingerprint density at radius 1 is 1.35 bits per heavy atom. The van der Waals surface area contributed by atoms with Gasteiger partial charge in [0.1, 0.15) is 5.75 Å². The van der Waals surface area contributed by atoms with E-state index in [9.17, 15) is 9.90 Å². The predicted octanol–water partition coefficient (Wildman–Crippen LogP) is 1.95. The molecule has 0 aromatic heterocycles. The first-order chi connectivity index (χ1) is 8.25. The fraction of sp³-hybridized carbons (Fsp3) is 0.462. The van der Waals surface area contributed by atoms with Gasteiger partial charge < -0.3 is 10.4 Å². The smallest absolute Gasteiger partial charge is 0.224 e. The zero-order valence-electron chi connectivity index (χ0n) is 9.69. The third kappa shape index (κ3) is 3.66. The average molecular weight is 251 g/mol. The van der Waals surface area contributed by atoms with Crippen molar-refractivity contribution in [2.75, 3.05) is 11.5 Å². The highest BCUT2D eigenvalue weighted by Gasteiger charge is 2.16. The molecule has 0 bridgehead atoms. The number of thioether (sulfide) groups is 1. The zero-order chi connectivity index (χ0) is 12.1. The Kier molecular flexibility index (Phi) is 4.31. The molecule has 3 nitrogen and oxygen atoms in total. The number of para-hydroxylation sites is 1. The van der Waals surface area contributed by atoms with Crippen LogP contribution in [-0.2, 0) is 11.2 Å². The number of hydrogen-bond donors (Lipinski definition) is 2. The molecule has 0 aliphatic carbocycles. The van der Waals surface area contributed by atoms with Gasteiger partial charge in [-0.05, 0) is 30.4 Å². The highest BCUT2D eigenvalue weighted by atomic mass is 32.2. The average Bonchev–Trinajstić information content (AvgIpc) is 2.33. The van der Waals surface area contributed by atoms with Crippen molar-refractivity contribution in [2.45, 2.75) is 25.3 Å². The number of phenols is 1. The number of aromatic hydroxyl groups is 1. The van der Waals surface area contributed by atoms with E-state index in [4.69, 9.17) is 0 Å². The van der Waals surface area contributed by atoms with E-state index in [1.165, 1.54) is 0 Å². The summed E-state index contributed by atoms with van der Waals surface area (Å²) in [6.45, 7) is 0. The molecule has 0 unspecified atom stereocenters. The van der Waals surface area contributed by atoms with Crippen molar-refractivity contribution >= 4 is 17.7 Å². The van der Waals surface area contributed by atoms with Gasteiger partial charge in [0.25, 0.3) is 0 Å². The minimum atomic E-state index is 0.00315. The molecular weight excluding hydrogens is 234 g/mol. The van der Waals surface area contributed by atoms with E-state index in [2.05, 4.69) is 5.32 Å². The molecule has 1 fully saturated rings. The zero-order valence-corrected chi connectivity index (χ0v) is 10.5. The van der Waals surface area contributed by atoms with Crippen molar-refractivity contribution in [3.05, 3.63) is 29.8 Å². The molecule has 0 saturated carbocycles. The van der Waals surface area contributed by atoms with Crippen LogP contribution in [0.15, 0.2) is 24.3 Å². The number of hydrogen-bond acceptors (Lipinski definition) is 3. The molecule has 1 aromatic carbocycles. The Labute approximate surface area is 106 Å². The van der Waals surface area contributed by atoms with E-state index in [1.54, 1.807) is 18.2 Å². The van der Waals surface area contributed by atoms with E-state index in [0.717, 1.165) is 24.3 Å². The van der Waals surface area contributed by atoms with Crippen LogP contribution in [0.3, 0.4) is 0 Å². The first kappa shape index (κ1) is 12.3. The van der Waals surface area contributed by atoms with Crippen LogP contribution >= 0.6 is 11.8 Å². The highest BCUT2D eigenvalue weighted by Crippen LogP contribution is 2.18. The van der Waals surface area contributed by atoms with Gasteiger partial charge >= 0.3 is 0 Å². The number of carbonyl (C=O) groups excluding carboxylic acids is 1.